The standard InChI is InChI=1S/C31H49O7P/c1-5-30(32)35-23-17-11-7-9-13-19-25-37-39(34,29-22-16-15-21-28(29)27(3)4)38-26-20-14-10-8-12-18-24-36-31(33)6-2/h5-6,15-16,21-22,27H,1-2,7-14,17-20,23-26H2,3-4H3. The third kappa shape index (κ3) is 15.8. The van der Waals surface area contributed by atoms with Crippen LogP contribution in [0.1, 0.15) is 102 Å². The molecule has 0 atom stereocenters. The Morgan fingerprint density at radius 3 is 1.49 bits per heavy atom. The predicted octanol–water partition coefficient (Wildman–Crippen LogP) is 7.80. The van der Waals surface area contributed by atoms with Crippen molar-refractivity contribution < 1.29 is 32.7 Å². The summed E-state index contributed by atoms with van der Waals surface area (Å²) in [5.41, 5.74) is 0.996. The van der Waals surface area contributed by atoms with Crippen LogP contribution in [-0.2, 0) is 32.7 Å². The summed E-state index contributed by atoms with van der Waals surface area (Å²) in [5, 5.41) is 0.670. The van der Waals surface area contributed by atoms with E-state index in [0.717, 1.165) is 82.6 Å². The second kappa shape index (κ2) is 21.6. The summed E-state index contributed by atoms with van der Waals surface area (Å²) in [5.74, 6) is -0.546. The van der Waals surface area contributed by atoms with Crippen LogP contribution in [0.15, 0.2) is 49.6 Å². The topological polar surface area (TPSA) is 88.1 Å². The first-order valence-electron chi connectivity index (χ1n) is 14.4. The molecular weight excluding hydrogens is 515 g/mol. The number of hydrogen-bond donors (Lipinski definition) is 0. The van der Waals surface area contributed by atoms with E-state index in [1.165, 1.54) is 12.2 Å². The number of carbonyl (C=O) groups excluding carboxylic acids is 2. The molecule has 0 spiro atoms. The molecule has 0 saturated carbocycles. The van der Waals surface area contributed by atoms with Gasteiger partial charge in [0, 0.05) is 12.2 Å². The van der Waals surface area contributed by atoms with Gasteiger partial charge in [-0.3, -0.25) is 4.57 Å². The lowest BCUT2D eigenvalue weighted by Gasteiger charge is -2.22. The second-order valence-electron chi connectivity index (χ2n) is 9.86. The number of hydrogen-bond acceptors (Lipinski definition) is 7. The molecule has 7 nitrogen and oxygen atoms in total. The second-order valence-corrected chi connectivity index (χ2v) is 11.9. The first-order chi connectivity index (χ1) is 18.8. The van der Waals surface area contributed by atoms with E-state index in [9.17, 15) is 14.2 Å². The van der Waals surface area contributed by atoms with Gasteiger partial charge in [0.2, 0.25) is 0 Å². The van der Waals surface area contributed by atoms with Crippen molar-refractivity contribution in [1.82, 2.24) is 0 Å². The summed E-state index contributed by atoms with van der Waals surface area (Å²) in [6.45, 7) is 12.6. The van der Waals surface area contributed by atoms with E-state index in [2.05, 4.69) is 27.0 Å². The van der Waals surface area contributed by atoms with Gasteiger partial charge in [-0.1, -0.05) is 96.6 Å². The van der Waals surface area contributed by atoms with Crippen molar-refractivity contribution >= 4 is 24.8 Å². The van der Waals surface area contributed by atoms with Crippen molar-refractivity contribution in [3.05, 3.63) is 55.1 Å². The summed E-state index contributed by atoms with van der Waals surface area (Å²) < 4.78 is 36.0. The lowest BCUT2D eigenvalue weighted by molar-refractivity contribution is -0.138. The van der Waals surface area contributed by atoms with Gasteiger partial charge in [-0.25, -0.2) is 9.59 Å². The van der Waals surface area contributed by atoms with Gasteiger partial charge in [0.05, 0.1) is 31.7 Å². The summed E-state index contributed by atoms with van der Waals surface area (Å²) >= 11 is 0. The molecule has 1 rings (SSSR count). The Bertz CT molecular complexity index is 853. The zero-order valence-corrected chi connectivity index (χ0v) is 25.0. The molecule has 0 saturated heterocycles. The van der Waals surface area contributed by atoms with Crippen LogP contribution in [0.25, 0.3) is 0 Å². The largest absolute Gasteiger partial charge is 0.463 e. The van der Waals surface area contributed by atoms with Crippen LogP contribution in [0.4, 0.5) is 0 Å². The molecule has 0 bridgehead atoms. The molecule has 0 aliphatic rings. The molecule has 0 heterocycles. The molecule has 39 heavy (non-hydrogen) atoms. The highest BCUT2D eigenvalue weighted by Gasteiger charge is 2.30. The molecule has 0 aliphatic heterocycles. The fourth-order valence-corrected chi connectivity index (χ4v) is 6.07. The zero-order chi connectivity index (χ0) is 28.8. The average molecular weight is 565 g/mol. The first-order valence-corrected chi connectivity index (χ1v) is 15.9. The fourth-order valence-electron chi connectivity index (χ4n) is 4.06. The first kappa shape index (κ1) is 34.8. The van der Waals surface area contributed by atoms with E-state index in [0.29, 0.717) is 31.7 Å². The van der Waals surface area contributed by atoms with Crippen LogP contribution in [0.3, 0.4) is 0 Å². The number of esters is 2. The Morgan fingerprint density at radius 2 is 1.08 bits per heavy atom. The SMILES string of the molecule is C=CC(=O)OCCCCCCCCOP(=O)(OCCCCCCCCOC(=O)C=C)c1ccccc1C(C)C. The highest BCUT2D eigenvalue weighted by atomic mass is 31.2. The Kier molecular flexibility index (Phi) is 19.3. The van der Waals surface area contributed by atoms with Crippen LogP contribution in [0, 0.1) is 0 Å². The molecule has 8 heteroatoms. The highest BCUT2D eigenvalue weighted by molar-refractivity contribution is 7.62. The maximum absolute atomic E-state index is 14.0. The van der Waals surface area contributed by atoms with Crippen LogP contribution in [0.2, 0.25) is 0 Å². The minimum absolute atomic E-state index is 0.207. The quantitative estimate of drug-likeness (QED) is 0.0548. The normalized spacial score (nSPS) is 11.4. The van der Waals surface area contributed by atoms with Gasteiger partial charge in [0.25, 0.3) is 0 Å². The summed E-state index contributed by atoms with van der Waals surface area (Å²) in [7, 11) is -3.44. The monoisotopic (exact) mass is 564 g/mol. The van der Waals surface area contributed by atoms with Crippen molar-refractivity contribution in [3.63, 3.8) is 0 Å². The Balaban J connectivity index is 2.41. The Labute approximate surface area is 235 Å². The maximum atomic E-state index is 14.0. The van der Waals surface area contributed by atoms with Gasteiger partial charge < -0.3 is 18.5 Å². The van der Waals surface area contributed by atoms with Crippen LogP contribution < -0.4 is 5.30 Å². The minimum atomic E-state index is -3.44. The van der Waals surface area contributed by atoms with E-state index in [4.69, 9.17) is 18.5 Å². The number of unbranched alkanes of at least 4 members (excludes halogenated alkanes) is 10. The molecule has 220 valence electrons. The van der Waals surface area contributed by atoms with Crippen LogP contribution in [-0.4, -0.2) is 38.4 Å². The van der Waals surface area contributed by atoms with Gasteiger partial charge in [0.1, 0.15) is 0 Å². The van der Waals surface area contributed by atoms with E-state index in [-0.39, 0.29) is 17.9 Å². The lowest BCUT2D eigenvalue weighted by Crippen LogP contribution is -2.17. The summed E-state index contributed by atoms with van der Waals surface area (Å²) in [6, 6.07) is 7.71. The van der Waals surface area contributed by atoms with Crippen molar-refractivity contribution in [2.24, 2.45) is 0 Å². The van der Waals surface area contributed by atoms with Crippen molar-refractivity contribution in [2.45, 2.75) is 96.8 Å². The molecule has 0 fully saturated rings. The van der Waals surface area contributed by atoms with E-state index < -0.39 is 7.60 Å². The summed E-state index contributed by atoms with van der Waals surface area (Å²) in [6.07, 6.45) is 13.8. The molecular formula is C31H49O7P. The Hall–Kier alpha value is -2.21. The van der Waals surface area contributed by atoms with Gasteiger partial charge in [-0.15, -0.1) is 0 Å². The maximum Gasteiger partial charge on any atom is 0.361 e. The summed E-state index contributed by atoms with van der Waals surface area (Å²) in [4.78, 5) is 22.1. The van der Waals surface area contributed by atoms with Crippen molar-refractivity contribution in [2.75, 3.05) is 26.4 Å². The van der Waals surface area contributed by atoms with Crippen molar-refractivity contribution in [3.8, 4) is 0 Å². The van der Waals surface area contributed by atoms with Gasteiger partial charge in [0.15, 0.2) is 0 Å². The van der Waals surface area contributed by atoms with Gasteiger partial charge in [-0.2, -0.15) is 0 Å². The molecule has 0 amide bonds. The molecule has 1 aromatic rings. The average Bonchev–Trinajstić information content (AvgIpc) is 2.94. The highest BCUT2D eigenvalue weighted by Crippen LogP contribution is 2.49. The fraction of sp³-hybridized carbons (Fsp3) is 0.613. The molecule has 0 aliphatic carbocycles. The Morgan fingerprint density at radius 1 is 0.692 bits per heavy atom. The predicted molar refractivity (Wildman–Crippen MR) is 157 cm³/mol. The molecule has 0 N–H and O–H groups in total. The van der Waals surface area contributed by atoms with E-state index >= 15 is 0 Å². The number of benzene rings is 1. The number of carbonyl (C=O) groups is 2. The van der Waals surface area contributed by atoms with Gasteiger partial charge in [-0.05, 0) is 43.2 Å². The van der Waals surface area contributed by atoms with Crippen molar-refractivity contribution in [1.29, 1.82) is 0 Å². The third-order valence-electron chi connectivity index (χ3n) is 6.28. The van der Waals surface area contributed by atoms with Crippen LogP contribution in [0.5, 0.6) is 0 Å². The smallest absolute Gasteiger partial charge is 0.361 e. The van der Waals surface area contributed by atoms with E-state index in [1.54, 1.807) is 0 Å². The molecule has 0 aromatic heterocycles. The van der Waals surface area contributed by atoms with E-state index in [1.807, 2.05) is 24.3 Å². The lowest BCUT2D eigenvalue weighted by atomic mass is 10.0. The number of ether oxygens (including phenoxy) is 2. The minimum Gasteiger partial charge on any atom is -0.463 e. The molecule has 1 aromatic carbocycles. The third-order valence-corrected chi connectivity index (χ3v) is 8.32. The number of rotatable bonds is 24. The zero-order valence-electron chi connectivity index (χ0n) is 24.1. The van der Waals surface area contributed by atoms with Gasteiger partial charge >= 0.3 is 19.5 Å². The van der Waals surface area contributed by atoms with Crippen LogP contribution >= 0.6 is 7.60 Å². The molecule has 0 unspecified atom stereocenters. The molecule has 0 radical (unpaired) electrons.